The van der Waals surface area contributed by atoms with Crippen molar-refractivity contribution in [2.24, 2.45) is 0 Å². The van der Waals surface area contributed by atoms with Crippen molar-refractivity contribution in [3.8, 4) is 11.4 Å². The molecule has 5 nitrogen and oxygen atoms in total. The SMILES string of the molecule is C=C(Br)CNC(=O)c1ccn(-c2ccc(OC)cc2)n1. The average Bonchev–Trinajstić information content (AvgIpc) is 2.94. The lowest BCUT2D eigenvalue weighted by molar-refractivity contribution is 0.0952. The van der Waals surface area contributed by atoms with E-state index in [9.17, 15) is 4.79 Å². The van der Waals surface area contributed by atoms with Crippen LogP contribution in [-0.2, 0) is 0 Å². The summed E-state index contributed by atoms with van der Waals surface area (Å²) in [6.07, 6.45) is 1.74. The molecule has 0 spiro atoms. The predicted octanol–water partition coefficient (Wildman–Crippen LogP) is 2.52. The van der Waals surface area contributed by atoms with Crippen LogP contribution in [0.4, 0.5) is 0 Å². The van der Waals surface area contributed by atoms with E-state index >= 15 is 0 Å². The van der Waals surface area contributed by atoms with Gasteiger partial charge < -0.3 is 10.1 Å². The standard InChI is InChI=1S/C14H14BrN3O2/c1-10(15)9-16-14(19)13-7-8-18(17-13)11-3-5-12(20-2)6-4-11/h3-8H,1,9H2,2H3,(H,16,19). The number of rotatable bonds is 5. The molecule has 0 aliphatic heterocycles. The van der Waals surface area contributed by atoms with Gasteiger partial charge in [0.2, 0.25) is 0 Å². The number of ether oxygens (including phenoxy) is 1. The van der Waals surface area contributed by atoms with Gasteiger partial charge in [-0.1, -0.05) is 22.5 Å². The van der Waals surface area contributed by atoms with Crippen molar-refractivity contribution in [3.63, 3.8) is 0 Å². The maximum absolute atomic E-state index is 11.8. The second-order valence-electron chi connectivity index (χ2n) is 4.04. The van der Waals surface area contributed by atoms with E-state index in [0.29, 0.717) is 16.7 Å². The van der Waals surface area contributed by atoms with Crippen LogP contribution in [0.1, 0.15) is 10.5 Å². The van der Waals surface area contributed by atoms with Crippen LogP contribution in [0.5, 0.6) is 5.75 Å². The fraction of sp³-hybridized carbons (Fsp3) is 0.143. The van der Waals surface area contributed by atoms with E-state index in [1.165, 1.54) is 0 Å². The first-order chi connectivity index (χ1) is 9.60. The summed E-state index contributed by atoms with van der Waals surface area (Å²) in [7, 11) is 1.61. The Kier molecular flexibility index (Phi) is 4.57. The highest BCUT2D eigenvalue weighted by atomic mass is 79.9. The van der Waals surface area contributed by atoms with Gasteiger partial charge in [-0.2, -0.15) is 5.10 Å². The largest absolute Gasteiger partial charge is 0.497 e. The van der Waals surface area contributed by atoms with Gasteiger partial charge in [0.1, 0.15) is 5.75 Å². The summed E-state index contributed by atoms with van der Waals surface area (Å²) in [6, 6.07) is 9.08. The van der Waals surface area contributed by atoms with Crippen LogP contribution < -0.4 is 10.1 Å². The summed E-state index contributed by atoms with van der Waals surface area (Å²) in [5.41, 5.74) is 1.21. The summed E-state index contributed by atoms with van der Waals surface area (Å²) in [4.78, 5) is 11.8. The van der Waals surface area contributed by atoms with Crippen molar-refractivity contribution in [2.45, 2.75) is 0 Å². The number of amides is 1. The van der Waals surface area contributed by atoms with Gasteiger partial charge in [0.15, 0.2) is 5.69 Å². The molecule has 1 N–H and O–H groups in total. The zero-order valence-corrected chi connectivity index (χ0v) is 12.6. The van der Waals surface area contributed by atoms with E-state index in [1.807, 2.05) is 24.3 Å². The summed E-state index contributed by atoms with van der Waals surface area (Å²) < 4.78 is 7.44. The van der Waals surface area contributed by atoms with Crippen molar-refractivity contribution < 1.29 is 9.53 Å². The molecular weight excluding hydrogens is 322 g/mol. The van der Waals surface area contributed by atoms with Gasteiger partial charge in [-0.3, -0.25) is 4.79 Å². The molecule has 6 heteroatoms. The third-order valence-corrected chi connectivity index (χ3v) is 2.88. The first kappa shape index (κ1) is 14.3. The summed E-state index contributed by atoms with van der Waals surface area (Å²) in [5, 5.41) is 6.93. The molecule has 0 saturated heterocycles. The molecule has 0 unspecified atom stereocenters. The van der Waals surface area contributed by atoms with Crippen LogP contribution in [0.3, 0.4) is 0 Å². The van der Waals surface area contributed by atoms with Crippen LogP contribution >= 0.6 is 15.9 Å². The number of halogens is 1. The highest BCUT2D eigenvalue weighted by Crippen LogP contribution is 2.14. The van der Waals surface area contributed by atoms with E-state index < -0.39 is 0 Å². The number of aromatic nitrogens is 2. The van der Waals surface area contributed by atoms with Crippen molar-refractivity contribution in [2.75, 3.05) is 13.7 Å². The monoisotopic (exact) mass is 335 g/mol. The quantitative estimate of drug-likeness (QED) is 0.913. The molecule has 0 aliphatic rings. The Balaban J connectivity index is 2.11. The number of benzene rings is 1. The molecule has 0 atom stereocenters. The zero-order chi connectivity index (χ0) is 14.5. The molecule has 1 aromatic carbocycles. The highest BCUT2D eigenvalue weighted by molar-refractivity contribution is 9.11. The smallest absolute Gasteiger partial charge is 0.272 e. The maximum Gasteiger partial charge on any atom is 0.272 e. The van der Waals surface area contributed by atoms with Crippen LogP contribution in [0.15, 0.2) is 47.6 Å². The number of carbonyl (C=O) groups is 1. The first-order valence-electron chi connectivity index (χ1n) is 5.91. The second kappa shape index (κ2) is 6.38. The van der Waals surface area contributed by atoms with Gasteiger partial charge in [0.05, 0.1) is 12.8 Å². The number of hydrogen-bond acceptors (Lipinski definition) is 3. The number of nitrogens with one attached hydrogen (secondary N) is 1. The topological polar surface area (TPSA) is 56.2 Å². The maximum atomic E-state index is 11.8. The number of methoxy groups -OCH3 is 1. The van der Waals surface area contributed by atoms with Crippen molar-refractivity contribution in [1.29, 1.82) is 0 Å². The molecule has 0 aliphatic carbocycles. The Bertz CT molecular complexity index is 620. The molecule has 0 saturated carbocycles. The van der Waals surface area contributed by atoms with Crippen molar-refractivity contribution in [1.82, 2.24) is 15.1 Å². The van der Waals surface area contributed by atoms with Gasteiger partial charge in [-0.15, -0.1) is 0 Å². The lowest BCUT2D eigenvalue weighted by Crippen LogP contribution is -2.24. The highest BCUT2D eigenvalue weighted by Gasteiger charge is 2.09. The summed E-state index contributed by atoms with van der Waals surface area (Å²) in [5.74, 6) is 0.535. The Hall–Kier alpha value is -2.08. The molecule has 2 aromatic rings. The van der Waals surface area contributed by atoms with E-state index in [4.69, 9.17) is 4.74 Å². The minimum Gasteiger partial charge on any atom is -0.497 e. The van der Waals surface area contributed by atoms with Gasteiger partial charge >= 0.3 is 0 Å². The minimum absolute atomic E-state index is 0.238. The lowest BCUT2D eigenvalue weighted by Gasteiger charge is -2.03. The lowest BCUT2D eigenvalue weighted by atomic mass is 10.3. The second-order valence-corrected chi connectivity index (χ2v) is 5.16. The van der Waals surface area contributed by atoms with Crippen molar-refractivity contribution >= 4 is 21.8 Å². The number of hydrogen-bond donors (Lipinski definition) is 1. The van der Waals surface area contributed by atoms with Crippen LogP contribution in [0, 0.1) is 0 Å². The van der Waals surface area contributed by atoms with E-state index in [1.54, 1.807) is 24.1 Å². The number of carbonyl (C=O) groups excluding carboxylic acids is 1. The molecule has 1 aromatic heterocycles. The Morgan fingerprint density at radius 1 is 1.40 bits per heavy atom. The van der Waals surface area contributed by atoms with Gasteiger partial charge in [-0.05, 0) is 30.3 Å². The average molecular weight is 336 g/mol. The molecule has 20 heavy (non-hydrogen) atoms. The zero-order valence-electron chi connectivity index (χ0n) is 11.0. The van der Waals surface area contributed by atoms with Gasteiger partial charge in [0.25, 0.3) is 5.91 Å². The van der Waals surface area contributed by atoms with Gasteiger partial charge in [-0.25, -0.2) is 4.68 Å². The number of nitrogens with zero attached hydrogens (tertiary/aromatic N) is 2. The Morgan fingerprint density at radius 3 is 2.70 bits per heavy atom. The molecule has 2 rings (SSSR count). The summed E-state index contributed by atoms with van der Waals surface area (Å²) >= 11 is 3.18. The van der Waals surface area contributed by atoms with E-state index in [-0.39, 0.29) is 5.91 Å². The van der Waals surface area contributed by atoms with Crippen LogP contribution in [-0.4, -0.2) is 29.3 Å². The normalized spacial score (nSPS) is 10.1. The molecule has 1 heterocycles. The van der Waals surface area contributed by atoms with Gasteiger partial charge in [0, 0.05) is 17.2 Å². The van der Waals surface area contributed by atoms with Crippen LogP contribution in [0.25, 0.3) is 5.69 Å². The molecule has 1 amide bonds. The van der Waals surface area contributed by atoms with E-state index in [0.717, 1.165) is 11.4 Å². The fourth-order valence-corrected chi connectivity index (χ4v) is 1.73. The third kappa shape index (κ3) is 3.48. The third-order valence-electron chi connectivity index (χ3n) is 2.60. The molecule has 0 bridgehead atoms. The molecule has 0 radical (unpaired) electrons. The fourth-order valence-electron chi connectivity index (χ4n) is 1.59. The first-order valence-corrected chi connectivity index (χ1v) is 6.71. The Labute approximate surface area is 125 Å². The molecule has 104 valence electrons. The Morgan fingerprint density at radius 2 is 2.10 bits per heavy atom. The molecular formula is C14H14BrN3O2. The van der Waals surface area contributed by atoms with E-state index in [2.05, 4.69) is 32.9 Å². The minimum atomic E-state index is -0.238. The van der Waals surface area contributed by atoms with Crippen LogP contribution in [0.2, 0.25) is 0 Å². The summed E-state index contributed by atoms with van der Waals surface area (Å²) in [6.45, 7) is 4.02. The molecule has 0 fully saturated rings. The predicted molar refractivity (Wildman–Crippen MR) is 80.5 cm³/mol. The van der Waals surface area contributed by atoms with Crippen molar-refractivity contribution in [3.05, 3.63) is 53.3 Å².